The van der Waals surface area contributed by atoms with Crippen LogP contribution in [0.15, 0.2) is 53.8 Å². The molecule has 0 aliphatic rings. The largest absolute Gasteiger partial charge is 0.361 e. The summed E-state index contributed by atoms with van der Waals surface area (Å²) >= 11 is 0. The molecule has 0 aliphatic heterocycles. The van der Waals surface area contributed by atoms with Crippen LogP contribution in [0.1, 0.15) is 11.1 Å². The molecule has 0 radical (unpaired) electrons. The molecule has 0 atom stereocenters. The van der Waals surface area contributed by atoms with Gasteiger partial charge in [0.1, 0.15) is 5.52 Å². The molecular formula is C19H15N7. The Hall–Kier alpha value is -3.74. The van der Waals surface area contributed by atoms with E-state index in [2.05, 4.69) is 48.7 Å². The van der Waals surface area contributed by atoms with Crippen LogP contribution in [0.25, 0.3) is 33.0 Å². The molecule has 5 rings (SSSR count). The highest BCUT2D eigenvalue weighted by atomic mass is 15.4. The number of nitrogens with one attached hydrogen (secondary N) is 3. The van der Waals surface area contributed by atoms with Crippen LogP contribution in [0.3, 0.4) is 0 Å². The lowest BCUT2D eigenvalue weighted by atomic mass is 10.1. The molecule has 0 bridgehead atoms. The van der Waals surface area contributed by atoms with E-state index in [4.69, 9.17) is 0 Å². The maximum Gasteiger partial charge on any atom is 0.265 e. The molecule has 7 nitrogen and oxygen atoms in total. The zero-order valence-corrected chi connectivity index (χ0v) is 14.0. The van der Waals surface area contributed by atoms with E-state index < -0.39 is 0 Å². The predicted octanol–water partition coefficient (Wildman–Crippen LogP) is 3.74. The van der Waals surface area contributed by atoms with E-state index in [-0.39, 0.29) is 0 Å². The van der Waals surface area contributed by atoms with Crippen molar-refractivity contribution in [1.29, 1.82) is 0 Å². The zero-order chi connectivity index (χ0) is 17.5. The van der Waals surface area contributed by atoms with Crippen LogP contribution in [-0.2, 0) is 0 Å². The summed E-state index contributed by atoms with van der Waals surface area (Å²) in [5.41, 5.74) is 8.54. The Morgan fingerprint density at radius 1 is 1.04 bits per heavy atom. The molecule has 2 aromatic carbocycles. The number of aromatic amines is 2. The van der Waals surface area contributed by atoms with Crippen LogP contribution < -0.4 is 5.43 Å². The van der Waals surface area contributed by atoms with Gasteiger partial charge in [0.05, 0.1) is 11.7 Å². The maximum absolute atomic E-state index is 4.47. The van der Waals surface area contributed by atoms with E-state index in [1.54, 1.807) is 6.21 Å². The number of nitrogens with zero attached hydrogens (tertiary/aromatic N) is 4. The summed E-state index contributed by atoms with van der Waals surface area (Å²) in [5, 5.41) is 14.8. The summed E-state index contributed by atoms with van der Waals surface area (Å²) in [6.45, 7) is 2.05. The monoisotopic (exact) mass is 341 g/mol. The van der Waals surface area contributed by atoms with E-state index in [0.717, 1.165) is 38.4 Å². The van der Waals surface area contributed by atoms with Crippen molar-refractivity contribution < 1.29 is 0 Å². The summed E-state index contributed by atoms with van der Waals surface area (Å²) in [5.74, 6) is 0.345. The number of fused-ring (bicyclic) bond motifs is 4. The first-order valence-corrected chi connectivity index (χ1v) is 8.26. The maximum atomic E-state index is 4.47. The van der Waals surface area contributed by atoms with Crippen molar-refractivity contribution >= 4 is 45.1 Å². The third kappa shape index (κ3) is 2.29. The average molecular weight is 341 g/mol. The number of hydrogen-bond donors (Lipinski definition) is 3. The number of hydrazone groups is 1. The Balaban J connectivity index is 1.46. The van der Waals surface area contributed by atoms with Gasteiger partial charge in [0.25, 0.3) is 5.95 Å². The lowest BCUT2D eigenvalue weighted by Gasteiger charge is -1.97. The van der Waals surface area contributed by atoms with Crippen LogP contribution in [0.4, 0.5) is 5.95 Å². The Labute approximate surface area is 148 Å². The van der Waals surface area contributed by atoms with Gasteiger partial charge in [-0.05, 0) is 18.6 Å². The molecule has 0 fully saturated rings. The number of H-pyrrole nitrogens is 2. The van der Waals surface area contributed by atoms with Crippen LogP contribution >= 0.6 is 0 Å². The molecule has 126 valence electrons. The molecule has 5 aromatic rings. The highest BCUT2D eigenvalue weighted by Gasteiger charge is 2.10. The summed E-state index contributed by atoms with van der Waals surface area (Å²) in [7, 11) is 0. The summed E-state index contributed by atoms with van der Waals surface area (Å²) in [6, 6.07) is 14.1. The molecule has 26 heavy (non-hydrogen) atoms. The lowest BCUT2D eigenvalue weighted by Crippen LogP contribution is -1.98. The van der Waals surface area contributed by atoms with Gasteiger partial charge in [0, 0.05) is 28.0 Å². The van der Waals surface area contributed by atoms with Crippen molar-refractivity contribution in [3.8, 4) is 0 Å². The minimum Gasteiger partial charge on any atom is -0.361 e. The Morgan fingerprint density at radius 2 is 1.92 bits per heavy atom. The fourth-order valence-electron chi connectivity index (χ4n) is 3.15. The van der Waals surface area contributed by atoms with E-state index in [0.29, 0.717) is 11.6 Å². The zero-order valence-electron chi connectivity index (χ0n) is 14.0. The van der Waals surface area contributed by atoms with Crippen LogP contribution in [0.2, 0.25) is 0 Å². The number of hydrogen-bond acceptors (Lipinski definition) is 5. The van der Waals surface area contributed by atoms with E-state index in [1.807, 2.05) is 42.6 Å². The summed E-state index contributed by atoms with van der Waals surface area (Å²) in [6.07, 6.45) is 3.65. The van der Waals surface area contributed by atoms with E-state index in [9.17, 15) is 0 Å². The van der Waals surface area contributed by atoms with Gasteiger partial charge >= 0.3 is 0 Å². The molecule has 7 heteroatoms. The third-order valence-electron chi connectivity index (χ3n) is 4.45. The molecule has 3 N–H and O–H groups in total. The van der Waals surface area contributed by atoms with Gasteiger partial charge in [0.15, 0.2) is 5.65 Å². The van der Waals surface area contributed by atoms with Crippen molar-refractivity contribution in [3.63, 3.8) is 0 Å². The van der Waals surface area contributed by atoms with Gasteiger partial charge in [0.2, 0.25) is 0 Å². The molecule has 0 aliphatic carbocycles. The normalized spacial score (nSPS) is 11.9. The first kappa shape index (κ1) is 14.6. The average Bonchev–Trinajstić information content (AvgIpc) is 3.24. The number of aromatic nitrogens is 5. The van der Waals surface area contributed by atoms with Crippen molar-refractivity contribution in [2.24, 2.45) is 5.10 Å². The quantitative estimate of drug-likeness (QED) is 0.344. The SMILES string of the molecule is Cc1cccc2c1[nH]c1nc(NN=Cc3c[nH]c4ccccc34)nnc12. The molecule has 0 spiro atoms. The first-order chi connectivity index (χ1) is 12.8. The van der Waals surface area contributed by atoms with Gasteiger partial charge < -0.3 is 9.97 Å². The molecule has 0 unspecified atom stereocenters. The summed E-state index contributed by atoms with van der Waals surface area (Å²) in [4.78, 5) is 11.0. The van der Waals surface area contributed by atoms with E-state index >= 15 is 0 Å². The standard InChI is InChI=1S/C19H15N7/c1-11-5-4-7-14-16(11)22-18-17(14)24-26-19(23-18)25-21-10-12-9-20-15-8-3-2-6-13(12)15/h2-10,20H,1H3,(H2,22,23,25,26). The minimum absolute atomic E-state index is 0.345. The minimum atomic E-state index is 0.345. The van der Waals surface area contributed by atoms with Gasteiger partial charge in [-0.25, -0.2) is 5.43 Å². The van der Waals surface area contributed by atoms with Crippen LogP contribution in [0, 0.1) is 6.92 Å². The molecule has 3 aromatic heterocycles. The highest BCUT2D eigenvalue weighted by Crippen LogP contribution is 2.24. The second-order valence-electron chi connectivity index (χ2n) is 6.11. The summed E-state index contributed by atoms with van der Waals surface area (Å²) < 4.78 is 0. The number of anilines is 1. The highest BCUT2D eigenvalue weighted by molar-refractivity contribution is 6.04. The molecule has 0 saturated heterocycles. The first-order valence-electron chi connectivity index (χ1n) is 8.26. The van der Waals surface area contributed by atoms with Gasteiger partial charge in [-0.15, -0.1) is 10.2 Å². The van der Waals surface area contributed by atoms with Crippen molar-refractivity contribution in [2.45, 2.75) is 6.92 Å². The molecule has 0 amide bonds. The molecule has 3 heterocycles. The van der Waals surface area contributed by atoms with Gasteiger partial charge in [-0.1, -0.05) is 36.4 Å². The Morgan fingerprint density at radius 3 is 2.88 bits per heavy atom. The second kappa shape index (κ2) is 5.66. The lowest BCUT2D eigenvalue weighted by molar-refractivity contribution is 1.01. The Kier molecular flexibility index (Phi) is 3.18. The third-order valence-corrected chi connectivity index (χ3v) is 4.45. The van der Waals surface area contributed by atoms with Crippen LogP contribution in [-0.4, -0.2) is 31.4 Å². The van der Waals surface area contributed by atoms with Gasteiger partial charge in [-0.2, -0.15) is 10.1 Å². The van der Waals surface area contributed by atoms with Gasteiger partial charge in [-0.3, -0.25) is 0 Å². The number of aryl methyl sites for hydroxylation is 1. The molecular weight excluding hydrogens is 326 g/mol. The van der Waals surface area contributed by atoms with Crippen molar-refractivity contribution in [2.75, 3.05) is 5.43 Å². The number of rotatable bonds is 3. The van der Waals surface area contributed by atoms with E-state index in [1.165, 1.54) is 0 Å². The fourth-order valence-corrected chi connectivity index (χ4v) is 3.15. The van der Waals surface area contributed by atoms with Crippen molar-refractivity contribution in [1.82, 2.24) is 25.1 Å². The topological polar surface area (TPSA) is 94.6 Å². The van der Waals surface area contributed by atoms with Crippen molar-refractivity contribution in [3.05, 3.63) is 59.8 Å². The fraction of sp³-hybridized carbons (Fsp3) is 0.0526. The molecule has 0 saturated carbocycles. The second-order valence-corrected chi connectivity index (χ2v) is 6.11. The predicted molar refractivity (Wildman–Crippen MR) is 103 cm³/mol. The number of para-hydroxylation sites is 2. The Bertz CT molecular complexity index is 1280. The smallest absolute Gasteiger partial charge is 0.265 e. The van der Waals surface area contributed by atoms with Crippen LogP contribution in [0.5, 0.6) is 0 Å². The number of benzene rings is 2.